The zero-order chi connectivity index (χ0) is 14.3. The number of ether oxygens (including phenoxy) is 1. The molecule has 0 aromatic rings. The predicted octanol–water partition coefficient (Wildman–Crippen LogP) is 0.791. The van der Waals surface area contributed by atoms with Gasteiger partial charge in [-0.25, -0.2) is 0 Å². The van der Waals surface area contributed by atoms with Crippen LogP contribution >= 0.6 is 11.8 Å². The first-order chi connectivity index (χ1) is 8.22. The zero-order valence-corrected chi connectivity index (χ0v) is 12.3. The molecule has 0 fully saturated rings. The largest absolute Gasteiger partial charge is 0.463 e. The molecule has 0 rings (SSSR count). The van der Waals surface area contributed by atoms with E-state index in [1.54, 1.807) is 13.8 Å². The van der Waals surface area contributed by atoms with E-state index < -0.39 is 17.4 Å². The van der Waals surface area contributed by atoms with Crippen LogP contribution < -0.4 is 5.73 Å². The van der Waals surface area contributed by atoms with Crippen molar-refractivity contribution in [3.63, 3.8) is 0 Å². The molecule has 0 radical (unpaired) electrons. The smallest absolute Gasteiger partial charge is 0.323 e. The summed E-state index contributed by atoms with van der Waals surface area (Å²) in [5.41, 5.74) is 4.88. The number of aliphatic hydroxyl groups is 1. The molecule has 0 amide bonds. The highest BCUT2D eigenvalue weighted by molar-refractivity contribution is 8.13. The van der Waals surface area contributed by atoms with Crippen molar-refractivity contribution in [1.82, 2.24) is 0 Å². The lowest BCUT2D eigenvalue weighted by Gasteiger charge is -2.23. The van der Waals surface area contributed by atoms with Crippen molar-refractivity contribution in [2.45, 2.75) is 33.7 Å². The predicted molar refractivity (Wildman–Crippen MR) is 72.1 cm³/mol. The summed E-state index contributed by atoms with van der Waals surface area (Å²) in [7, 11) is 0. The van der Waals surface area contributed by atoms with Gasteiger partial charge in [0.05, 0.1) is 12.0 Å². The van der Waals surface area contributed by atoms with Crippen molar-refractivity contribution in [1.29, 1.82) is 0 Å². The summed E-state index contributed by atoms with van der Waals surface area (Å²) >= 11 is 1.04. The summed E-state index contributed by atoms with van der Waals surface area (Å²) in [6.07, 6.45) is 0. The molecule has 18 heavy (non-hydrogen) atoms. The third kappa shape index (κ3) is 5.84. The summed E-state index contributed by atoms with van der Waals surface area (Å²) in [4.78, 5) is 23.3. The van der Waals surface area contributed by atoms with E-state index in [-0.39, 0.29) is 24.2 Å². The maximum atomic E-state index is 11.8. The van der Waals surface area contributed by atoms with E-state index >= 15 is 0 Å². The molecule has 0 aliphatic carbocycles. The van der Waals surface area contributed by atoms with E-state index in [2.05, 4.69) is 0 Å². The van der Waals surface area contributed by atoms with Gasteiger partial charge in [-0.1, -0.05) is 25.6 Å². The Bertz CT molecular complexity index is 292. The summed E-state index contributed by atoms with van der Waals surface area (Å²) in [5, 5.41) is 8.55. The molecule has 0 aromatic carbocycles. The van der Waals surface area contributed by atoms with Crippen LogP contribution in [-0.2, 0) is 14.3 Å². The topological polar surface area (TPSA) is 89.6 Å². The van der Waals surface area contributed by atoms with E-state index in [0.717, 1.165) is 11.8 Å². The van der Waals surface area contributed by atoms with Gasteiger partial charge >= 0.3 is 5.97 Å². The Labute approximate surface area is 112 Å². The van der Waals surface area contributed by atoms with Crippen molar-refractivity contribution >= 4 is 22.8 Å². The maximum absolute atomic E-state index is 11.8. The van der Waals surface area contributed by atoms with E-state index in [9.17, 15) is 9.59 Å². The third-order valence-corrected chi connectivity index (χ3v) is 3.64. The highest BCUT2D eigenvalue weighted by atomic mass is 32.2. The highest BCUT2D eigenvalue weighted by Gasteiger charge is 2.30. The molecule has 1 atom stereocenters. The second kappa shape index (κ2) is 7.76. The molecule has 0 spiro atoms. The molecule has 1 unspecified atom stereocenters. The zero-order valence-electron chi connectivity index (χ0n) is 11.4. The Morgan fingerprint density at radius 2 is 1.94 bits per heavy atom. The lowest BCUT2D eigenvalue weighted by molar-refractivity contribution is -0.150. The summed E-state index contributed by atoms with van der Waals surface area (Å²) in [5.74, 6) is -0.139. The van der Waals surface area contributed by atoms with Gasteiger partial charge in [-0.05, 0) is 19.8 Å². The van der Waals surface area contributed by atoms with Crippen LogP contribution in [0.4, 0.5) is 0 Å². The molecule has 0 aliphatic heterocycles. The molecule has 0 bridgehead atoms. The Morgan fingerprint density at radius 3 is 2.39 bits per heavy atom. The molecule has 5 nitrogen and oxygen atoms in total. The van der Waals surface area contributed by atoms with Crippen LogP contribution in [0.25, 0.3) is 0 Å². The van der Waals surface area contributed by atoms with Crippen LogP contribution in [0.3, 0.4) is 0 Å². The van der Waals surface area contributed by atoms with Crippen LogP contribution in [0.15, 0.2) is 0 Å². The minimum atomic E-state index is -0.772. The number of thioether (sulfide) groups is 1. The summed E-state index contributed by atoms with van der Waals surface area (Å²) < 4.78 is 5.07. The van der Waals surface area contributed by atoms with Gasteiger partial charge in [-0.15, -0.1) is 0 Å². The second-order valence-electron chi connectivity index (χ2n) is 5.12. The SMILES string of the molecule is CC(C)C(N)C(=O)OCC(C)(C)C(=O)SCCO. The quantitative estimate of drug-likeness (QED) is 0.669. The fraction of sp³-hybridized carbons (Fsp3) is 0.833. The van der Waals surface area contributed by atoms with Gasteiger partial charge in [-0.3, -0.25) is 9.59 Å². The van der Waals surface area contributed by atoms with E-state index in [1.165, 1.54) is 0 Å². The fourth-order valence-electron chi connectivity index (χ4n) is 1.01. The first-order valence-corrected chi connectivity index (χ1v) is 6.91. The number of esters is 1. The van der Waals surface area contributed by atoms with Gasteiger partial charge < -0.3 is 15.6 Å². The van der Waals surface area contributed by atoms with Crippen LogP contribution in [0.5, 0.6) is 0 Å². The second-order valence-corrected chi connectivity index (χ2v) is 6.19. The van der Waals surface area contributed by atoms with Crippen molar-refractivity contribution in [2.24, 2.45) is 17.1 Å². The number of carbonyl (C=O) groups is 2. The molecule has 6 heteroatoms. The summed E-state index contributed by atoms with van der Waals surface area (Å²) in [6, 6.07) is -0.666. The molecule has 3 N–H and O–H groups in total. The van der Waals surface area contributed by atoms with Gasteiger partial charge in [0.1, 0.15) is 12.6 Å². The summed E-state index contributed by atoms with van der Waals surface area (Å²) in [6.45, 7) is 7.02. The Hall–Kier alpha value is -0.590. The lowest BCUT2D eigenvalue weighted by Crippen LogP contribution is -2.39. The molecule has 0 saturated carbocycles. The Balaban J connectivity index is 4.25. The highest BCUT2D eigenvalue weighted by Crippen LogP contribution is 2.24. The molecule has 106 valence electrons. The number of hydrogen-bond acceptors (Lipinski definition) is 6. The Morgan fingerprint density at radius 1 is 1.39 bits per heavy atom. The van der Waals surface area contributed by atoms with Crippen LogP contribution in [0, 0.1) is 11.3 Å². The van der Waals surface area contributed by atoms with E-state index in [1.807, 2.05) is 13.8 Å². The number of nitrogens with two attached hydrogens (primary N) is 1. The van der Waals surface area contributed by atoms with Gasteiger partial charge in [0.25, 0.3) is 0 Å². The van der Waals surface area contributed by atoms with Crippen LogP contribution in [-0.4, -0.2) is 41.2 Å². The normalized spacial score (nSPS) is 13.5. The van der Waals surface area contributed by atoms with Gasteiger partial charge in [0.2, 0.25) is 0 Å². The molecular formula is C12H23NO4S. The first kappa shape index (κ1) is 17.4. The molecule has 0 heterocycles. The van der Waals surface area contributed by atoms with Crippen LogP contribution in [0.1, 0.15) is 27.7 Å². The van der Waals surface area contributed by atoms with Crippen molar-refractivity contribution < 1.29 is 19.4 Å². The minimum absolute atomic E-state index is 0.0000719. The van der Waals surface area contributed by atoms with E-state index in [0.29, 0.717) is 5.75 Å². The number of carbonyl (C=O) groups excluding carboxylic acids is 2. The van der Waals surface area contributed by atoms with Crippen molar-refractivity contribution in [2.75, 3.05) is 19.0 Å². The van der Waals surface area contributed by atoms with E-state index in [4.69, 9.17) is 15.6 Å². The maximum Gasteiger partial charge on any atom is 0.323 e. The first-order valence-electron chi connectivity index (χ1n) is 5.92. The molecular weight excluding hydrogens is 254 g/mol. The lowest BCUT2D eigenvalue weighted by atomic mass is 9.97. The van der Waals surface area contributed by atoms with Crippen molar-refractivity contribution in [3.05, 3.63) is 0 Å². The number of rotatable bonds is 7. The third-order valence-electron chi connectivity index (χ3n) is 2.44. The standard InChI is InChI=1S/C12H23NO4S/c1-8(2)9(13)10(15)17-7-12(3,4)11(16)18-6-5-14/h8-9,14H,5-7,13H2,1-4H3. The molecule has 0 saturated heterocycles. The molecule has 0 aliphatic rings. The average Bonchev–Trinajstić information content (AvgIpc) is 2.31. The number of aliphatic hydroxyl groups excluding tert-OH is 1. The fourth-order valence-corrected chi connectivity index (χ4v) is 1.74. The molecule has 0 aromatic heterocycles. The number of hydrogen-bond donors (Lipinski definition) is 2. The van der Waals surface area contributed by atoms with Gasteiger partial charge in [-0.2, -0.15) is 0 Å². The average molecular weight is 277 g/mol. The minimum Gasteiger partial charge on any atom is -0.463 e. The van der Waals surface area contributed by atoms with Crippen LogP contribution in [0.2, 0.25) is 0 Å². The van der Waals surface area contributed by atoms with Gasteiger partial charge in [0, 0.05) is 5.75 Å². The Kier molecular flexibility index (Phi) is 7.51. The van der Waals surface area contributed by atoms with Crippen molar-refractivity contribution in [3.8, 4) is 0 Å². The monoisotopic (exact) mass is 277 g/mol. The van der Waals surface area contributed by atoms with Gasteiger partial charge in [0.15, 0.2) is 5.12 Å².